The molecule has 0 saturated heterocycles. The van der Waals surface area contributed by atoms with Crippen molar-refractivity contribution in [1.82, 2.24) is 14.7 Å². The number of aromatic nitrogens is 2. The van der Waals surface area contributed by atoms with Gasteiger partial charge in [0.05, 0.1) is 31.0 Å². The van der Waals surface area contributed by atoms with Crippen molar-refractivity contribution in [2.24, 2.45) is 5.92 Å². The van der Waals surface area contributed by atoms with E-state index in [4.69, 9.17) is 14.9 Å². The first-order chi connectivity index (χ1) is 18.8. The molecule has 8 nitrogen and oxygen atoms in total. The third-order valence-electron chi connectivity index (χ3n) is 7.56. The molecule has 3 aromatic rings. The van der Waals surface area contributed by atoms with E-state index in [1.807, 2.05) is 53.2 Å². The number of carbonyl (C=O) groups excluding carboxylic acids is 1. The van der Waals surface area contributed by atoms with Gasteiger partial charge in [-0.25, -0.2) is 4.68 Å². The van der Waals surface area contributed by atoms with Crippen molar-refractivity contribution in [3.8, 4) is 11.4 Å². The fraction of sp³-hybridized carbons (Fsp3) is 0.452. The Morgan fingerprint density at radius 2 is 1.85 bits per heavy atom. The van der Waals surface area contributed by atoms with Crippen LogP contribution >= 0.6 is 0 Å². The van der Waals surface area contributed by atoms with Crippen LogP contribution in [0.1, 0.15) is 85.9 Å². The van der Waals surface area contributed by atoms with Crippen molar-refractivity contribution in [2.75, 3.05) is 26.0 Å². The van der Waals surface area contributed by atoms with Crippen LogP contribution in [0.2, 0.25) is 0 Å². The van der Waals surface area contributed by atoms with E-state index in [2.05, 4.69) is 25.4 Å². The Balaban J connectivity index is 1.62. The average Bonchev–Trinajstić information content (AvgIpc) is 3.41. The van der Waals surface area contributed by atoms with Crippen LogP contribution in [0.25, 0.3) is 5.69 Å². The molecule has 1 unspecified atom stereocenters. The Bertz CT molecular complexity index is 1260. The number of carbonyl (C=O) groups is 2. The van der Waals surface area contributed by atoms with Gasteiger partial charge in [-0.15, -0.1) is 0 Å². The van der Waals surface area contributed by atoms with Gasteiger partial charge in [-0.3, -0.25) is 9.59 Å². The summed E-state index contributed by atoms with van der Waals surface area (Å²) in [5, 5.41) is 17.8. The number of anilines is 1. The molecule has 39 heavy (non-hydrogen) atoms. The zero-order valence-electron chi connectivity index (χ0n) is 23.4. The molecule has 2 N–H and O–H groups in total. The number of amides is 1. The molecule has 1 fully saturated rings. The summed E-state index contributed by atoms with van der Waals surface area (Å²) >= 11 is 0. The number of hydrogen-bond donors (Lipinski definition) is 2. The van der Waals surface area contributed by atoms with Crippen molar-refractivity contribution in [2.45, 2.75) is 64.3 Å². The van der Waals surface area contributed by atoms with Gasteiger partial charge in [0.2, 0.25) is 0 Å². The first-order valence-electron chi connectivity index (χ1n) is 13.8. The van der Waals surface area contributed by atoms with Crippen LogP contribution in [0, 0.1) is 5.92 Å². The summed E-state index contributed by atoms with van der Waals surface area (Å²) in [6.45, 7) is 4.54. The number of carboxylic acid groups (broad SMARTS) is 1. The Morgan fingerprint density at radius 1 is 1.13 bits per heavy atom. The van der Waals surface area contributed by atoms with Crippen LogP contribution < -0.4 is 10.1 Å². The van der Waals surface area contributed by atoms with Crippen molar-refractivity contribution in [1.29, 1.82) is 0 Å². The van der Waals surface area contributed by atoms with Gasteiger partial charge in [-0.1, -0.05) is 39.2 Å². The molecule has 1 atom stereocenters. The highest BCUT2D eigenvalue weighted by atomic mass is 16.5. The second-order valence-electron chi connectivity index (χ2n) is 10.7. The molecule has 0 spiro atoms. The predicted molar refractivity (Wildman–Crippen MR) is 153 cm³/mol. The normalized spacial score (nSPS) is 14.7. The minimum absolute atomic E-state index is 0.0768. The third kappa shape index (κ3) is 6.99. The molecule has 8 heteroatoms. The monoisotopic (exact) mass is 532 g/mol. The first kappa shape index (κ1) is 28.2. The van der Waals surface area contributed by atoms with E-state index >= 15 is 0 Å². The highest BCUT2D eigenvalue weighted by Gasteiger charge is 2.30. The highest BCUT2D eigenvalue weighted by Crippen LogP contribution is 2.39. The Hall–Kier alpha value is -3.81. The Labute approximate surface area is 231 Å². The van der Waals surface area contributed by atoms with Crippen molar-refractivity contribution < 1.29 is 19.4 Å². The van der Waals surface area contributed by atoms with Crippen LogP contribution in [0.3, 0.4) is 0 Å². The molecule has 0 aliphatic heterocycles. The van der Waals surface area contributed by atoms with Crippen molar-refractivity contribution in [3.63, 3.8) is 0 Å². The van der Waals surface area contributed by atoms with E-state index in [0.717, 1.165) is 35.7 Å². The van der Waals surface area contributed by atoms with Crippen LogP contribution in [0.15, 0.2) is 54.7 Å². The van der Waals surface area contributed by atoms with Gasteiger partial charge in [-0.05, 0) is 61.1 Å². The van der Waals surface area contributed by atoms with Gasteiger partial charge >= 0.3 is 5.97 Å². The third-order valence-corrected chi connectivity index (χ3v) is 7.56. The maximum atomic E-state index is 12.8. The molecule has 1 amide bonds. The van der Waals surface area contributed by atoms with Crippen molar-refractivity contribution in [3.05, 3.63) is 71.5 Å². The van der Waals surface area contributed by atoms with E-state index in [-0.39, 0.29) is 30.8 Å². The molecular formula is C31H40N4O4. The highest BCUT2D eigenvalue weighted by molar-refractivity contribution is 5.94. The Morgan fingerprint density at radius 3 is 2.49 bits per heavy atom. The van der Waals surface area contributed by atoms with E-state index in [1.54, 1.807) is 14.2 Å². The number of ether oxygens (including phenoxy) is 1. The van der Waals surface area contributed by atoms with Crippen LogP contribution in [-0.4, -0.2) is 52.4 Å². The lowest BCUT2D eigenvalue weighted by Crippen LogP contribution is -2.29. The number of rotatable bonds is 11. The van der Waals surface area contributed by atoms with E-state index in [1.165, 1.54) is 29.7 Å². The fourth-order valence-electron chi connectivity index (χ4n) is 5.37. The number of benzene rings is 2. The maximum absolute atomic E-state index is 12.8. The molecule has 1 saturated carbocycles. The van der Waals surface area contributed by atoms with E-state index < -0.39 is 5.97 Å². The lowest BCUT2D eigenvalue weighted by Gasteiger charge is -2.32. The van der Waals surface area contributed by atoms with Gasteiger partial charge in [0.1, 0.15) is 5.75 Å². The molecular weight excluding hydrogens is 492 g/mol. The number of methoxy groups -OCH3 is 1. The zero-order chi connectivity index (χ0) is 27.9. The molecule has 0 radical (unpaired) electrons. The fourth-order valence-corrected chi connectivity index (χ4v) is 5.37. The van der Waals surface area contributed by atoms with Gasteiger partial charge in [0, 0.05) is 42.7 Å². The second-order valence-corrected chi connectivity index (χ2v) is 10.7. The Kier molecular flexibility index (Phi) is 9.28. The molecule has 0 bridgehead atoms. The summed E-state index contributed by atoms with van der Waals surface area (Å²) in [7, 11) is 3.30. The molecule has 1 aliphatic carbocycles. The molecule has 1 aliphatic rings. The largest absolute Gasteiger partial charge is 0.497 e. The summed E-state index contributed by atoms with van der Waals surface area (Å²) in [6.07, 6.45) is 8.11. The smallest absolute Gasteiger partial charge is 0.305 e. The average molecular weight is 533 g/mol. The topological polar surface area (TPSA) is 96.7 Å². The standard InChI is InChI=1S/C31H40N4O4/c1-21(2)29-27(20-35(33-29)25-11-8-12-26(19-25)39-4)30(22-9-6-5-7-10-22)32-24-15-13-23(14-16-24)31(38)34(3)18-17-28(36)37/h8,11-16,19-22,30,32H,5-7,9-10,17-18H2,1-4H3,(H,36,37). The lowest BCUT2D eigenvalue weighted by atomic mass is 9.80. The molecule has 208 valence electrons. The minimum Gasteiger partial charge on any atom is -0.497 e. The van der Waals surface area contributed by atoms with Gasteiger partial charge in [-0.2, -0.15) is 5.10 Å². The maximum Gasteiger partial charge on any atom is 0.305 e. The number of carboxylic acids is 1. The van der Waals surface area contributed by atoms with Crippen LogP contribution in [0.4, 0.5) is 5.69 Å². The molecule has 1 aromatic heterocycles. The predicted octanol–water partition coefficient (Wildman–Crippen LogP) is 6.28. The summed E-state index contributed by atoms with van der Waals surface area (Å²) in [5.74, 6) is 0.413. The SMILES string of the molecule is COc1cccc(-n2cc(C(Nc3ccc(C(=O)N(C)CCC(=O)O)cc3)C3CCCCC3)c(C(C)C)n2)c1. The molecule has 4 rings (SSSR count). The summed E-state index contributed by atoms with van der Waals surface area (Å²) < 4.78 is 7.40. The molecule has 2 aromatic carbocycles. The quantitative estimate of drug-likeness (QED) is 0.302. The second kappa shape index (κ2) is 12.8. The number of hydrogen-bond acceptors (Lipinski definition) is 5. The summed E-state index contributed by atoms with van der Waals surface area (Å²) in [5.41, 5.74) is 4.72. The van der Waals surface area contributed by atoms with Gasteiger partial charge in [0.25, 0.3) is 5.91 Å². The number of nitrogens with zero attached hydrogens (tertiary/aromatic N) is 3. The van der Waals surface area contributed by atoms with E-state index in [0.29, 0.717) is 11.5 Å². The summed E-state index contributed by atoms with van der Waals surface area (Å²) in [6, 6.07) is 15.5. The minimum atomic E-state index is -0.918. The van der Waals surface area contributed by atoms with E-state index in [9.17, 15) is 9.59 Å². The first-order valence-corrected chi connectivity index (χ1v) is 13.8. The number of nitrogens with one attached hydrogen (secondary N) is 1. The van der Waals surface area contributed by atoms with Crippen LogP contribution in [0.5, 0.6) is 5.75 Å². The van der Waals surface area contributed by atoms with Crippen molar-refractivity contribution >= 4 is 17.6 Å². The lowest BCUT2D eigenvalue weighted by molar-refractivity contribution is -0.137. The summed E-state index contributed by atoms with van der Waals surface area (Å²) in [4.78, 5) is 25.1. The van der Waals surface area contributed by atoms with Gasteiger partial charge in [0.15, 0.2) is 0 Å². The zero-order valence-corrected chi connectivity index (χ0v) is 23.4. The number of aliphatic carboxylic acids is 1. The molecule has 1 heterocycles. The van der Waals surface area contributed by atoms with Crippen LogP contribution in [-0.2, 0) is 4.79 Å². The van der Waals surface area contributed by atoms with Gasteiger partial charge < -0.3 is 20.1 Å².